The topological polar surface area (TPSA) is 79.3 Å². The van der Waals surface area contributed by atoms with E-state index in [1.165, 1.54) is 0 Å². The average molecular weight is 290 g/mol. The Morgan fingerprint density at radius 3 is 2.67 bits per heavy atom. The second-order valence-electron chi connectivity index (χ2n) is 5.95. The lowest BCUT2D eigenvalue weighted by molar-refractivity contribution is -0.140. The molecule has 0 atom stereocenters. The first kappa shape index (κ1) is 15.5. The molecule has 1 fully saturated rings. The summed E-state index contributed by atoms with van der Waals surface area (Å²) in [5, 5.41) is 12.0. The van der Waals surface area contributed by atoms with Gasteiger partial charge in [0.2, 0.25) is 0 Å². The van der Waals surface area contributed by atoms with Crippen LogP contribution < -0.4 is 5.32 Å². The fourth-order valence-corrected chi connectivity index (χ4v) is 3.13. The fourth-order valence-electron chi connectivity index (χ4n) is 3.13. The Morgan fingerprint density at radius 1 is 1.33 bits per heavy atom. The van der Waals surface area contributed by atoms with Crippen LogP contribution in [0.15, 0.2) is 18.3 Å². The zero-order valence-corrected chi connectivity index (χ0v) is 12.4. The van der Waals surface area contributed by atoms with Crippen LogP contribution in [0.2, 0.25) is 0 Å². The highest BCUT2D eigenvalue weighted by Gasteiger charge is 2.34. The molecular formula is C16H22N2O3. The molecule has 114 valence electrons. The van der Waals surface area contributed by atoms with Crippen molar-refractivity contribution in [1.29, 1.82) is 0 Å². The molecule has 1 aromatic heterocycles. The molecule has 2 rings (SSSR count). The lowest BCUT2D eigenvalue weighted by Crippen LogP contribution is -2.40. The number of pyridine rings is 1. The molecule has 0 aromatic carbocycles. The van der Waals surface area contributed by atoms with E-state index in [0.717, 1.165) is 32.1 Å². The molecule has 5 heteroatoms. The summed E-state index contributed by atoms with van der Waals surface area (Å²) in [6, 6.07) is 3.47. The predicted molar refractivity (Wildman–Crippen MR) is 79.1 cm³/mol. The molecule has 2 N–H and O–H groups in total. The number of amides is 1. The highest BCUT2D eigenvalue weighted by molar-refractivity contribution is 5.95. The quantitative estimate of drug-likeness (QED) is 0.873. The first-order valence-electron chi connectivity index (χ1n) is 7.44. The van der Waals surface area contributed by atoms with Gasteiger partial charge in [0.15, 0.2) is 0 Å². The van der Waals surface area contributed by atoms with Crippen molar-refractivity contribution < 1.29 is 14.7 Å². The van der Waals surface area contributed by atoms with Crippen LogP contribution >= 0.6 is 0 Å². The Hall–Kier alpha value is -1.91. The second-order valence-corrected chi connectivity index (χ2v) is 5.95. The van der Waals surface area contributed by atoms with Crippen LogP contribution in [0, 0.1) is 12.3 Å². The Bertz CT molecular complexity index is 522. The number of carboxylic acids is 1. The van der Waals surface area contributed by atoms with Crippen LogP contribution in [0.3, 0.4) is 0 Å². The maximum absolute atomic E-state index is 12.2. The first-order valence-corrected chi connectivity index (χ1v) is 7.44. The van der Waals surface area contributed by atoms with Gasteiger partial charge >= 0.3 is 5.97 Å². The summed E-state index contributed by atoms with van der Waals surface area (Å²) in [5.74, 6) is -0.959. The molecule has 0 bridgehead atoms. The minimum Gasteiger partial charge on any atom is -0.481 e. The van der Waals surface area contributed by atoms with Crippen LogP contribution in [0.4, 0.5) is 0 Å². The second kappa shape index (κ2) is 6.70. The van der Waals surface area contributed by atoms with E-state index in [1.54, 1.807) is 25.3 Å². The van der Waals surface area contributed by atoms with Gasteiger partial charge in [-0.15, -0.1) is 0 Å². The number of nitrogens with one attached hydrogen (secondary N) is 1. The SMILES string of the molecule is Cc1ncccc1C(=O)NCC1(CC(=O)O)CCCCC1. The van der Waals surface area contributed by atoms with Crippen LogP contribution in [0.5, 0.6) is 0 Å². The lowest BCUT2D eigenvalue weighted by atomic mass is 9.71. The van der Waals surface area contributed by atoms with E-state index < -0.39 is 5.97 Å². The largest absolute Gasteiger partial charge is 0.481 e. The van der Waals surface area contributed by atoms with Crippen molar-refractivity contribution in [3.05, 3.63) is 29.6 Å². The zero-order valence-electron chi connectivity index (χ0n) is 12.4. The molecule has 21 heavy (non-hydrogen) atoms. The summed E-state index contributed by atoms with van der Waals surface area (Å²) in [7, 11) is 0. The number of aliphatic carboxylic acids is 1. The number of nitrogens with zero attached hydrogens (tertiary/aromatic N) is 1. The Balaban J connectivity index is 2.03. The summed E-state index contributed by atoms with van der Waals surface area (Å²) < 4.78 is 0. The molecule has 1 aliphatic rings. The van der Waals surface area contributed by atoms with E-state index in [4.69, 9.17) is 5.11 Å². The number of carboxylic acid groups (broad SMARTS) is 1. The van der Waals surface area contributed by atoms with Crippen molar-refractivity contribution in [2.24, 2.45) is 5.41 Å². The van der Waals surface area contributed by atoms with Gasteiger partial charge < -0.3 is 10.4 Å². The van der Waals surface area contributed by atoms with Crippen LogP contribution in [0.1, 0.15) is 54.6 Å². The van der Waals surface area contributed by atoms with Crippen LogP contribution in [0.25, 0.3) is 0 Å². The molecule has 0 aliphatic heterocycles. The van der Waals surface area contributed by atoms with Crippen molar-refractivity contribution in [3.8, 4) is 0 Å². The van der Waals surface area contributed by atoms with Crippen molar-refractivity contribution in [2.45, 2.75) is 45.4 Å². The molecule has 1 saturated carbocycles. The molecule has 1 heterocycles. The molecule has 0 saturated heterocycles. The van der Waals surface area contributed by atoms with Gasteiger partial charge in [0.05, 0.1) is 12.0 Å². The molecule has 0 unspecified atom stereocenters. The number of carbonyl (C=O) groups excluding carboxylic acids is 1. The van der Waals surface area contributed by atoms with Gasteiger partial charge in [-0.05, 0) is 37.3 Å². The van der Waals surface area contributed by atoms with Gasteiger partial charge in [0, 0.05) is 18.4 Å². The van der Waals surface area contributed by atoms with E-state index in [2.05, 4.69) is 10.3 Å². The summed E-state index contributed by atoms with van der Waals surface area (Å²) in [6.07, 6.45) is 6.73. The van der Waals surface area contributed by atoms with Crippen molar-refractivity contribution in [3.63, 3.8) is 0 Å². The Kier molecular flexibility index (Phi) is 4.94. The van der Waals surface area contributed by atoms with Gasteiger partial charge in [0.25, 0.3) is 5.91 Å². The molecule has 5 nitrogen and oxygen atoms in total. The third-order valence-electron chi connectivity index (χ3n) is 4.32. The number of aromatic nitrogens is 1. The molecule has 0 spiro atoms. The third-order valence-corrected chi connectivity index (χ3v) is 4.32. The van der Waals surface area contributed by atoms with Crippen molar-refractivity contribution >= 4 is 11.9 Å². The van der Waals surface area contributed by atoms with Gasteiger partial charge in [-0.2, -0.15) is 0 Å². The van der Waals surface area contributed by atoms with E-state index in [1.807, 2.05) is 0 Å². The summed E-state index contributed by atoms with van der Waals surface area (Å²) >= 11 is 0. The van der Waals surface area contributed by atoms with Crippen molar-refractivity contribution in [1.82, 2.24) is 10.3 Å². The highest BCUT2D eigenvalue weighted by Crippen LogP contribution is 2.38. The van der Waals surface area contributed by atoms with E-state index in [9.17, 15) is 9.59 Å². The van der Waals surface area contributed by atoms with E-state index in [-0.39, 0.29) is 17.7 Å². The zero-order chi connectivity index (χ0) is 15.3. The average Bonchev–Trinajstić information content (AvgIpc) is 2.46. The molecule has 1 aliphatic carbocycles. The first-order chi connectivity index (χ1) is 10.0. The van der Waals surface area contributed by atoms with E-state index >= 15 is 0 Å². The van der Waals surface area contributed by atoms with E-state index in [0.29, 0.717) is 17.8 Å². The molecule has 1 aromatic rings. The van der Waals surface area contributed by atoms with Gasteiger partial charge in [-0.25, -0.2) is 0 Å². The number of carbonyl (C=O) groups is 2. The number of rotatable bonds is 5. The number of hydrogen-bond acceptors (Lipinski definition) is 3. The summed E-state index contributed by atoms with van der Waals surface area (Å²) in [6.45, 7) is 2.22. The highest BCUT2D eigenvalue weighted by atomic mass is 16.4. The molecule has 0 radical (unpaired) electrons. The summed E-state index contributed by atoms with van der Waals surface area (Å²) in [4.78, 5) is 27.5. The standard InChI is InChI=1S/C16H22N2O3/c1-12-13(6-5-9-17-12)15(21)18-11-16(10-14(19)20)7-3-2-4-8-16/h5-6,9H,2-4,7-8,10-11H2,1H3,(H,18,21)(H,19,20). The maximum Gasteiger partial charge on any atom is 0.303 e. The Labute approximate surface area is 124 Å². The third kappa shape index (κ3) is 4.03. The monoisotopic (exact) mass is 290 g/mol. The number of hydrogen-bond donors (Lipinski definition) is 2. The fraction of sp³-hybridized carbons (Fsp3) is 0.562. The lowest BCUT2D eigenvalue weighted by Gasteiger charge is -2.36. The molecular weight excluding hydrogens is 268 g/mol. The smallest absolute Gasteiger partial charge is 0.303 e. The summed E-state index contributed by atoms with van der Waals surface area (Å²) in [5.41, 5.74) is 0.945. The maximum atomic E-state index is 12.2. The predicted octanol–water partition coefficient (Wildman–Crippen LogP) is 2.55. The van der Waals surface area contributed by atoms with Crippen LogP contribution in [-0.2, 0) is 4.79 Å². The van der Waals surface area contributed by atoms with Crippen LogP contribution in [-0.4, -0.2) is 28.5 Å². The van der Waals surface area contributed by atoms with Gasteiger partial charge in [-0.1, -0.05) is 19.3 Å². The van der Waals surface area contributed by atoms with Gasteiger partial charge in [0.1, 0.15) is 0 Å². The minimum atomic E-state index is -0.788. The normalized spacial score (nSPS) is 17.2. The molecule has 1 amide bonds. The van der Waals surface area contributed by atoms with Gasteiger partial charge in [-0.3, -0.25) is 14.6 Å². The number of aryl methyl sites for hydroxylation is 1. The Morgan fingerprint density at radius 2 is 2.05 bits per heavy atom. The van der Waals surface area contributed by atoms with Crippen molar-refractivity contribution in [2.75, 3.05) is 6.54 Å². The minimum absolute atomic E-state index is 0.124.